The molecular formula is C21H33N3O. The summed E-state index contributed by atoms with van der Waals surface area (Å²) in [5.41, 5.74) is 2.63. The van der Waals surface area contributed by atoms with Gasteiger partial charge in [-0.05, 0) is 71.9 Å². The second-order valence-electron chi connectivity index (χ2n) is 8.23. The summed E-state index contributed by atoms with van der Waals surface area (Å²) in [7, 11) is 6.35. The van der Waals surface area contributed by atoms with Gasteiger partial charge in [-0.1, -0.05) is 29.8 Å². The summed E-state index contributed by atoms with van der Waals surface area (Å²) in [6.07, 6.45) is 3.24. The van der Waals surface area contributed by atoms with Crippen LogP contribution < -0.4 is 0 Å². The minimum Gasteiger partial charge on any atom is -0.338 e. The third-order valence-electron chi connectivity index (χ3n) is 5.78. The maximum atomic E-state index is 13.3. The molecule has 4 nitrogen and oxygen atoms in total. The van der Waals surface area contributed by atoms with E-state index in [9.17, 15) is 4.79 Å². The Morgan fingerprint density at radius 2 is 1.92 bits per heavy atom. The number of hydrogen-bond donors (Lipinski definition) is 0. The molecular weight excluding hydrogens is 310 g/mol. The largest absolute Gasteiger partial charge is 0.338 e. The Balaban J connectivity index is 1.67. The van der Waals surface area contributed by atoms with Crippen LogP contribution in [0.3, 0.4) is 0 Å². The van der Waals surface area contributed by atoms with E-state index >= 15 is 0 Å². The van der Waals surface area contributed by atoms with Crippen molar-refractivity contribution in [2.24, 2.45) is 5.92 Å². The lowest BCUT2D eigenvalue weighted by atomic mass is 10.0. The van der Waals surface area contributed by atoms with Gasteiger partial charge in [0.2, 0.25) is 5.91 Å². The van der Waals surface area contributed by atoms with Crippen LogP contribution in [0.15, 0.2) is 24.3 Å². The molecule has 0 bridgehead atoms. The Labute approximate surface area is 152 Å². The fraction of sp³-hybridized carbons (Fsp3) is 0.667. The van der Waals surface area contributed by atoms with Gasteiger partial charge in [0.05, 0.1) is 0 Å². The highest BCUT2D eigenvalue weighted by molar-refractivity contribution is 5.83. The van der Waals surface area contributed by atoms with Crippen molar-refractivity contribution in [1.29, 1.82) is 0 Å². The summed E-state index contributed by atoms with van der Waals surface area (Å²) in [5, 5.41) is 0. The van der Waals surface area contributed by atoms with E-state index in [4.69, 9.17) is 0 Å². The third-order valence-corrected chi connectivity index (χ3v) is 5.78. The first-order valence-electron chi connectivity index (χ1n) is 9.66. The molecule has 0 spiro atoms. The zero-order chi connectivity index (χ0) is 18.0. The minimum atomic E-state index is 0.198. The maximum Gasteiger partial charge on any atom is 0.226 e. The van der Waals surface area contributed by atoms with Crippen LogP contribution in [0.1, 0.15) is 36.3 Å². The lowest BCUT2D eigenvalue weighted by molar-refractivity contribution is -0.136. The number of amides is 1. The van der Waals surface area contributed by atoms with Crippen molar-refractivity contribution in [1.82, 2.24) is 14.7 Å². The second kappa shape index (κ2) is 7.88. The Bertz CT molecular complexity index is 593. The van der Waals surface area contributed by atoms with Crippen molar-refractivity contribution >= 4 is 5.91 Å². The molecule has 2 atom stereocenters. The van der Waals surface area contributed by atoms with Gasteiger partial charge in [-0.2, -0.15) is 0 Å². The molecule has 1 heterocycles. The van der Waals surface area contributed by atoms with Crippen LogP contribution in [0.5, 0.6) is 0 Å². The first-order valence-corrected chi connectivity index (χ1v) is 9.66. The van der Waals surface area contributed by atoms with Gasteiger partial charge in [-0.25, -0.2) is 0 Å². The van der Waals surface area contributed by atoms with Crippen molar-refractivity contribution in [3.8, 4) is 0 Å². The Kier molecular flexibility index (Phi) is 5.80. The van der Waals surface area contributed by atoms with Crippen molar-refractivity contribution < 1.29 is 4.79 Å². The standard InChI is InChI=1S/C21H33N3O/c1-16-6-5-7-17(14-16)19-15-20(19)21(25)24(13-12-22(2)3)18-8-10-23(4)11-9-18/h5-7,14,18-20H,8-13,15H2,1-4H3/t19-,20-/m0/s1. The molecule has 1 aromatic rings. The SMILES string of the molecule is Cc1cccc([C@@H]2C[C@@H]2C(=O)N(CCN(C)C)C2CCN(C)CC2)c1. The van der Waals surface area contributed by atoms with Crippen LogP contribution in [0.25, 0.3) is 0 Å². The molecule has 4 heteroatoms. The number of aryl methyl sites for hydroxylation is 1. The summed E-state index contributed by atoms with van der Waals surface area (Å²) >= 11 is 0. The number of likely N-dealkylation sites (N-methyl/N-ethyl adjacent to an activating group) is 1. The molecule has 1 aromatic carbocycles. The average Bonchev–Trinajstić information content (AvgIpc) is 3.37. The fourth-order valence-corrected chi connectivity index (χ4v) is 4.04. The number of carbonyl (C=O) groups is 1. The molecule has 1 aliphatic carbocycles. The zero-order valence-corrected chi connectivity index (χ0v) is 16.2. The summed E-state index contributed by atoms with van der Waals surface area (Å²) in [4.78, 5) is 20.0. The molecule has 138 valence electrons. The average molecular weight is 344 g/mol. The number of hydrogen-bond acceptors (Lipinski definition) is 3. The summed E-state index contributed by atoms with van der Waals surface area (Å²) < 4.78 is 0. The highest BCUT2D eigenvalue weighted by atomic mass is 16.2. The Hall–Kier alpha value is -1.39. The summed E-state index contributed by atoms with van der Waals surface area (Å²) in [6, 6.07) is 9.10. The molecule has 1 amide bonds. The van der Waals surface area contributed by atoms with E-state index in [1.54, 1.807) is 0 Å². The number of benzene rings is 1. The van der Waals surface area contributed by atoms with Gasteiger partial charge in [0.1, 0.15) is 0 Å². The molecule has 1 saturated carbocycles. The molecule has 3 rings (SSSR count). The lowest BCUT2D eigenvalue weighted by Crippen LogP contribution is -2.49. The van der Waals surface area contributed by atoms with Gasteiger partial charge in [-0.3, -0.25) is 4.79 Å². The highest BCUT2D eigenvalue weighted by Crippen LogP contribution is 2.49. The summed E-state index contributed by atoms with van der Waals surface area (Å²) in [6.45, 7) is 6.13. The molecule has 1 aliphatic heterocycles. The predicted molar refractivity (Wildman–Crippen MR) is 103 cm³/mol. The smallest absolute Gasteiger partial charge is 0.226 e. The molecule has 2 aliphatic rings. The second-order valence-corrected chi connectivity index (χ2v) is 8.23. The number of nitrogens with zero attached hydrogens (tertiary/aromatic N) is 3. The summed E-state index contributed by atoms with van der Waals surface area (Å²) in [5.74, 6) is 1.02. The topological polar surface area (TPSA) is 26.8 Å². The van der Waals surface area contributed by atoms with E-state index in [2.05, 4.69) is 67.0 Å². The van der Waals surface area contributed by atoms with Gasteiger partial charge in [0.25, 0.3) is 0 Å². The van der Waals surface area contributed by atoms with Crippen molar-refractivity contribution in [3.05, 3.63) is 35.4 Å². The van der Waals surface area contributed by atoms with Gasteiger partial charge in [0.15, 0.2) is 0 Å². The van der Waals surface area contributed by atoms with Crippen molar-refractivity contribution in [2.45, 2.75) is 38.1 Å². The van der Waals surface area contributed by atoms with E-state index < -0.39 is 0 Å². The van der Waals surface area contributed by atoms with E-state index in [-0.39, 0.29) is 5.92 Å². The first-order chi connectivity index (χ1) is 12.0. The van der Waals surface area contributed by atoms with Crippen molar-refractivity contribution in [3.63, 3.8) is 0 Å². The van der Waals surface area contributed by atoms with Gasteiger partial charge >= 0.3 is 0 Å². The lowest BCUT2D eigenvalue weighted by Gasteiger charge is -2.38. The molecule has 25 heavy (non-hydrogen) atoms. The van der Waals surface area contributed by atoms with Crippen LogP contribution in [0.2, 0.25) is 0 Å². The normalized spacial score (nSPS) is 24.5. The third kappa shape index (κ3) is 4.62. The van der Waals surface area contributed by atoms with Crippen LogP contribution >= 0.6 is 0 Å². The van der Waals surface area contributed by atoms with Crippen LogP contribution in [0.4, 0.5) is 0 Å². The maximum absolute atomic E-state index is 13.3. The number of carbonyl (C=O) groups excluding carboxylic acids is 1. The molecule has 0 radical (unpaired) electrons. The Morgan fingerprint density at radius 1 is 1.20 bits per heavy atom. The molecule has 0 unspecified atom stereocenters. The highest BCUT2D eigenvalue weighted by Gasteiger charge is 2.46. The van der Waals surface area contributed by atoms with Crippen LogP contribution in [0, 0.1) is 12.8 Å². The zero-order valence-electron chi connectivity index (χ0n) is 16.2. The minimum absolute atomic E-state index is 0.198. The van der Waals surface area contributed by atoms with E-state index in [0.717, 1.165) is 45.4 Å². The number of likely N-dealkylation sites (tertiary alicyclic amines) is 1. The molecule has 2 fully saturated rings. The molecule has 0 aromatic heterocycles. The van der Waals surface area contributed by atoms with Crippen molar-refractivity contribution in [2.75, 3.05) is 47.3 Å². The number of piperidine rings is 1. The van der Waals surface area contributed by atoms with E-state index in [1.165, 1.54) is 11.1 Å². The quantitative estimate of drug-likeness (QED) is 0.794. The van der Waals surface area contributed by atoms with Gasteiger partial charge < -0.3 is 14.7 Å². The van der Waals surface area contributed by atoms with E-state index in [1.807, 2.05) is 0 Å². The fourth-order valence-electron chi connectivity index (χ4n) is 4.04. The van der Waals surface area contributed by atoms with Gasteiger partial charge in [-0.15, -0.1) is 0 Å². The monoisotopic (exact) mass is 343 g/mol. The first kappa shape index (κ1) is 18.4. The Morgan fingerprint density at radius 3 is 2.56 bits per heavy atom. The predicted octanol–water partition coefficient (Wildman–Crippen LogP) is 2.58. The van der Waals surface area contributed by atoms with Gasteiger partial charge in [0, 0.05) is 25.0 Å². The van der Waals surface area contributed by atoms with Crippen LogP contribution in [-0.2, 0) is 4.79 Å². The van der Waals surface area contributed by atoms with Crippen LogP contribution in [-0.4, -0.2) is 74.0 Å². The molecule has 0 N–H and O–H groups in total. The van der Waals surface area contributed by atoms with E-state index in [0.29, 0.717) is 17.9 Å². The number of rotatable bonds is 6. The molecule has 1 saturated heterocycles.